The Balaban J connectivity index is 1.30. The molecule has 2 aliphatic heterocycles. The van der Waals surface area contributed by atoms with E-state index >= 15 is 0 Å². The van der Waals surface area contributed by atoms with E-state index in [0.717, 1.165) is 4.88 Å². The number of hydrogen-bond acceptors (Lipinski definition) is 9. The molecule has 0 radical (unpaired) electrons. The van der Waals surface area contributed by atoms with Gasteiger partial charge in [-0.3, -0.25) is 19.3 Å². The summed E-state index contributed by atoms with van der Waals surface area (Å²) >= 11 is 5.44. The minimum Gasteiger partial charge on any atom is -0.508 e. The number of thioether (sulfide) groups is 2. The molecule has 4 heterocycles. The minimum atomic E-state index is -1.22. The molecule has 2 atom stereocenters. The van der Waals surface area contributed by atoms with Gasteiger partial charge in [0.2, 0.25) is 5.91 Å². The molecular weight excluding hydrogens is 541 g/mol. The van der Waals surface area contributed by atoms with E-state index in [-0.39, 0.29) is 29.2 Å². The Kier molecular flexibility index (Phi) is 6.93. The Morgan fingerprint density at radius 2 is 2.06 bits per heavy atom. The van der Waals surface area contributed by atoms with Crippen LogP contribution >= 0.6 is 46.2 Å². The zero-order valence-electron chi connectivity index (χ0n) is 18.4. The van der Waals surface area contributed by atoms with Crippen LogP contribution in [0.4, 0.5) is 0 Å². The van der Waals surface area contributed by atoms with Crippen LogP contribution in [0.3, 0.4) is 0 Å². The van der Waals surface area contributed by atoms with Gasteiger partial charge < -0.3 is 15.5 Å². The van der Waals surface area contributed by atoms with E-state index in [1.54, 1.807) is 17.6 Å². The van der Waals surface area contributed by atoms with Crippen LogP contribution in [0.15, 0.2) is 73.5 Å². The third-order valence-electron chi connectivity index (χ3n) is 5.58. The highest BCUT2D eigenvalue weighted by atomic mass is 32.2. The molecule has 1 fully saturated rings. The number of carbonyl (C=O) groups excluding carboxylic acids is 2. The molecule has 0 bridgehead atoms. The summed E-state index contributed by atoms with van der Waals surface area (Å²) in [6, 6.07) is 9.01. The van der Waals surface area contributed by atoms with Crippen molar-refractivity contribution in [2.45, 2.75) is 22.0 Å². The number of aliphatic carboxylic acids is 1. The Labute approximate surface area is 221 Å². The van der Waals surface area contributed by atoms with Crippen LogP contribution in [0.1, 0.15) is 4.88 Å². The van der Waals surface area contributed by atoms with Gasteiger partial charge in [-0.25, -0.2) is 4.79 Å². The predicted octanol–water partition coefficient (Wildman–Crippen LogP) is 3.62. The van der Waals surface area contributed by atoms with Gasteiger partial charge in [0.05, 0.1) is 10.6 Å². The molecule has 1 aromatic carbocycles. The maximum Gasteiger partial charge on any atom is 0.352 e. The number of allylic oxidation sites excluding steroid dienone is 1. The molecular formula is C24H18N2O6S4. The number of nitrogens with zero attached hydrogens (tertiary/aromatic N) is 1. The van der Waals surface area contributed by atoms with Gasteiger partial charge >= 0.3 is 5.97 Å². The summed E-state index contributed by atoms with van der Waals surface area (Å²) in [6.07, 6.45) is 1.81. The second-order valence-electron chi connectivity index (χ2n) is 7.92. The normalized spacial score (nSPS) is 19.4. The van der Waals surface area contributed by atoms with Crippen LogP contribution in [-0.2, 0) is 20.8 Å². The van der Waals surface area contributed by atoms with E-state index in [2.05, 4.69) is 5.32 Å². The summed E-state index contributed by atoms with van der Waals surface area (Å²) in [4.78, 5) is 51.7. The van der Waals surface area contributed by atoms with Crippen LogP contribution in [0, 0.1) is 0 Å². The van der Waals surface area contributed by atoms with Crippen molar-refractivity contribution in [3.8, 4) is 5.75 Å². The number of carbonyl (C=O) groups is 3. The van der Waals surface area contributed by atoms with Crippen molar-refractivity contribution in [3.63, 3.8) is 0 Å². The van der Waals surface area contributed by atoms with Gasteiger partial charge in [-0.2, -0.15) is 0 Å². The summed E-state index contributed by atoms with van der Waals surface area (Å²) in [5.41, 5.74) is 0.208. The number of thiophene rings is 1. The van der Waals surface area contributed by atoms with Crippen LogP contribution in [0.25, 0.3) is 10.1 Å². The number of benzene rings is 1. The van der Waals surface area contributed by atoms with Crippen LogP contribution in [0.2, 0.25) is 0 Å². The fourth-order valence-electron chi connectivity index (χ4n) is 3.93. The summed E-state index contributed by atoms with van der Waals surface area (Å²) in [7, 11) is 0. The highest BCUT2D eigenvalue weighted by molar-refractivity contribution is 8.04. The lowest BCUT2D eigenvalue weighted by Crippen LogP contribution is -2.70. The first-order chi connectivity index (χ1) is 17.3. The lowest BCUT2D eigenvalue weighted by atomic mass is 10.0. The average molecular weight is 559 g/mol. The van der Waals surface area contributed by atoms with Gasteiger partial charge in [-0.1, -0.05) is 17.8 Å². The molecule has 1 unspecified atom stereocenters. The summed E-state index contributed by atoms with van der Waals surface area (Å²) in [5, 5.41) is 25.9. The van der Waals surface area contributed by atoms with Crippen molar-refractivity contribution in [2.24, 2.45) is 0 Å². The molecule has 5 rings (SSSR count). The number of phenolic OH excluding ortho intramolecular Hbond substituents is 1. The number of carboxylic acid groups (broad SMARTS) is 1. The quantitative estimate of drug-likeness (QED) is 0.297. The molecule has 12 heteroatoms. The van der Waals surface area contributed by atoms with Crippen molar-refractivity contribution in [3.05, 3.63) is 79.6 Å². The summed E-state index contributed by atoms with van der Waals surface area (Å²) < 4.78 is 1.33. The van der Waals surface area contributed by atoms with Gasteiger partial charge in [0.25, 0.3) is 5.91 Å². The second kappa shape index (κ2) is 10.1. The van der Waals surface area contributed by atoms with Crippen LogP contribution < -0.4 is 10.7 Å². The van der Waals surface area contributed by atoms with E-state index in [9.17, 15) is 29.4 Å². The third-order valence-corrected chi connectivity index (χ3v) is 9.79. The van der Waals surface area contributed by atoms with Crippen LogP contribution in [0.5, 0.6) is 5.75 Å². The van der Waals surface area contributed by atoms with Crippen molar-refractivity contribution in [2.75, 3.05) is 5.75 Å². The van der Waals surface area contributed by atoms with Gasteiger partial charge in [0, 0.05) is 26.8 Å². The molecule has 3 aromatic rings. The van der Waals surface area contributed by atoms with Crippen molar-refractivity contribution in [1.82, 2.24) is 10.2 Å². The maximum atomic E-state index is 12.8. The SMILES string of the molecule is O=C(Cc1cccs1)NC1C(=O)N2C(C(=O)O)=C(/C=C/Sc3cc(=O)c4ccc(O)cc4s3)CS[C@H]12. The van der Waals surface area contributed by atoms with Crippen molar-refractivity contribution in [1.29, 1.82) is 0 Å². The number of carboxylic acids is 1. The topological polar surface area (TPSA) is 124 Å². The van der Waals surface area contributed by atoms with Crippen molar-refractivity contribution >= 4 is 74.1 Å². The first-order valence-corrected chi connectivity index (χ1v) is 14.3. The molecule has 184 valence electrons. The van der Waals surface area contributed by atoms with Crippen LogP contribution in [-0.4, -0.2) is 50.1 Å². The van der Waals surface area contributed by atoms with E-state index in [1.165, 1.54) is 69.3 Å². The molecule has 2 amide bonds. The first-order valence-electron chi connectivity index (χ1n) is 10.6. The molecule has 1 saturated heterocycles. The zero-order valence-corrected chi connectivity index (χ0v) is 21.6. The largest absolute Gasteiger partial charge is 0.508 e. The number of aromatic hydroxyl groups is 1. The number of rotatable bonds is 7. The Morgan fingerprint density at radius 1 is 1.22 bits per heavy atom. The number of β-lactam (4-membered cyclic amide) rings is 1. The Morgan fingerprint density at radius 3 is 2.81 bits per heavy atom. The molecule has 3 N–H and O–H groups in total. The third kappa shape index (κ3) is 4.81. The molecule has 0 spiro atoms. The summed E-state index contributed by atoms with van der Waals surface area (Å²) in [5.74, 6) is -1.52. The molecule has 2 aromatic heterocycles. The average Bonchev–Trinajstić information content (AvgIpc) is 3.34. The standard InChI is InChI=1S/C24H18N2O6S4/c27-13-3-4-15-16(28)10-19(36-17(15)8-13)34-7-5-12-11-35-23-20(22(30)26(23)21(12)24(31)32)25-18(29)9-14-2-1-6-33-14/h1-8,10,20,23,27H,9,11H2,(H,25,29)(H,31,32)/b7-5+/t20?,23-/m1/s1. The maximum absolute atomic E-state index is 12.8. The fraction of sp³-hybridized carbons (Fsp3) is 0.167. The van der Waals surface area contributed by atoms with Crippen molar-refractivity contribution < 1.29 is 24.6 Å². The van der Waals surface area contributed by atoms with Gasteiger partial charge in [0.1, 0.15) is 22.9 Å². The predicted molar refractivity (Wildman–Crippen MR) is 142 cm³/mol. The number of hydrogen-bond donors (Lipinski definition) is 3. The molecule has 0 aliphatic carbocycles. The Hall–Kier alpha value is -3.06. The smallest absolute Gasteiger partial charge is 0.352 e. The highest BCUT2D eigenvalue weighted by Gasteiger charge is 2.53. The lowest BCUT2D eigenvalue weighted by Gasteiger charge is -2.49. The van der Waals surface area contributed by atoms with E-state index in [1.807, 2.05) is 17.5 Å². The fourth-order valence-corrected chi connectivity index (χ4v) is 7.96. The van der Waals surface area contributed by atoms with Gasteiger partial charge in [-0.05, 0) is 46.7 Å². The molecule has 2 aliphatic rings. The molecule has 8 nitrogen and oxygen atoms in total. The Bertz CT molecular complexity index is 1490. The van der Waals surface area contributed by atoms with E-state index in [0.29, 0.717) is 25.6 Å². The van der Waals surface area contributed by atoms with Gasteiger partial charge in [-0.15, -0.1) is 34.4 Å². The number of nitrogens with one attached hydrogen (secondary N) is 1. The molecule has 0 saturated carbocycles. The first kappa shape index (κ1) is 24.6. The summed E-state index contributed by atoms with van der Waals surface area (Å²) in [6.45, 7) is 0. The minimum absolute atomic E-state index is 0.0705. The lowest BCUT2D eigenvalue weighted by molar-refractivity contribution is -0.150. The monoisotopic (exact) mass is 558 g/mol. The highest BCUT2D eigenvalue weighted by Crippen LogP contribution is 2.41. The van der Waals surface area contributed by atoms with E-state index in [4.69, 9.17) is 0 Å². The van der Waals surface area contributed by atoms with Gasteiger partial charge in [0.15, 0.2) is 5.43 Å². The number of phenols is 1. The number of fused-ring (bicyclic) bond motifs is 2. The molecule has 36 heavy (non-hydrogen) atoms. The zero-order chi connectivity index (χ0) is 25.4. The van der Waals surface area contributed by atoms with E-state index < -0.39 is 23.3 Å². The number of amides is 2. The second-order valence-corrected chi connectivity index (χ2v) is 12.3.